The summed E-state index contributed by atoms with van der Waals surface area (Å²) < 4.78 is 39.0. The zero-order valence-corrected chi connectivity index (χ0v) is 21.4. The Morgan fingerprint density at radius 1 is 1.11 bits per heavy atom. The highest BCUT2D eigenvalue weighted by Crippen LogP contribution is 2.39. The highest BCUT2D eigenvalue weighted by molar-refractivity contribution is 6.37. The van der Waals surface area contributed by atoms with Gasteiger partial charge in [-0.05, 0) is 31.2 Å². The predicted octanol–water partition coefficient (Wildman–Crippen LogP) is 3.60. The first-order chi connectivity index (χ1) is 17.7. The van der Waals surface area contributed by atoms with Crippen molar-refractivity contribution in [2.45, 2.75) is 24.9 Å². The number of alkyl halides is 3. The lowest BCUT2D eigenvalue weighted by Crippen LogP contribution is -2.58. The summed E-state index contributed by atoms with van der Waals surface area (Å²) in [4.78, 5) is 48.3. The number of fused-ring (bicyclic) bond motifs is 1. The van der Waals surface area contributed by atoms with Gasteiger partial charge < -0.3 is 10.2 Å². The molecule has 2 aromatic rings. The Labute approximate surface area is 227 Å². The van der Waals surface area contributed by atoms with Gasteiger partial charge in [0.25, 0.3) is 11.8 Å². The van der Waals surface area contributed by atoms with E-state index in [9.17, 15) is 27.6 Å². The molecule has 17 heteroatoms. The number of carbonyl (C=O) groups excluding carboxylic acids is 3. The van der Waals surface area contributed by atoms with Crippen LogP contribution in [0.4, 0.5) is 29.5 Å². The van der Waals surface area contributed by atoms with Crippen molar-refractivity contribution in [3.05, 3.63) is 51.1 Å². The fraction of sp³-hybridized carbons (Fsp3) is 0.286. The van der Waals surface area contributed by atoms with Crippen molar-refractivity contribution in [2.24, 2.45) is 11.1 Å². The van der Waals surface area contributed by atoms with Gasteiger partial charge in [-0.3, -0.25) is 14.6 Å². The van der Waals surface area contributed by atoms with Gasteiger partial charge in [0.15, 0.2) is 11.5 Å². The maximum Gasteiger partial charge on any atom is 0.417 e. The van der Waals surface area contributed by atoms with Gasteiger partial charge in [-0.2, -0.15) is 23.6 Å². The van der Waals surface area contributed by atoms with Crippen LogP contribution in [0.25, 0.3) is 0 Å². The summed E-state index contributed by atoms with van der Waals surface area (Å²) in [5, 5.41) is 9.29. The van der Waals surface area contributed by atoms with Gasteiger partial charge in [0.2, 0.25) is 6.10 Å². The number of imide groups is 1. The van der Waals surface area contributed by atoms with E-state index in [-0.39, 0.29) is 22.2 Å². The van der Waals surface area contributed by atoms with Gasteiger partial charge in [-0.25, -0.2) is 14.8 Å². The second kappa shape index (κ2) is 8.86. The van der Waals surface area contributed by atoms with Crippen molar-refractivity contribution in [1.29, 1.82) is 0 Å². The third-order valence-electron chi connectivity index (χ3n) is 6.10. The highest BCUT2D eigenvalue weighted by atomic mass is 35.5. The Morgan fingerprint density at radius 3 is 2.45 bits per heavy atom. The van der Waals surface area contributed by atoms with Gasteiger partial charge in [0, 0.05) is 18.3 Å². The summed E-state index contributed by atoms with van der Waals surface area (Å²) >= 11 is 18.2. The Morgan fingerprint density at radius 2 is 1.82 bits per heavy atom. The SMILES string of the molecule is CN(c1ncc(C(F)(F)F)cc1Cl)N1C(=O)[C@@H]2C([C@@]3(C)NC(=O)N(c4ccc(Cl)cc4Cl)N3)=NO[C@H]2C1=O. The van der Waals surface area contributed by atoms with Crippen LogP contribution in [0.15, 0.2) is 35.6 Å². The number of rotatable bonds is 4. The van der Waals surface area contributed by atoms with Gasteiger partial charge in [-0.15, -0.1) is 0 Å². The molecule has 4 heterocycles. The largest absolute Gasteiger partial charge is 0.417 e. The maximum absolute atomic E-state index is 13.4. The summed E-state index contributed by atoms with van der Waals surface area (Å²) in [5.74, 6) is -3.24. The van der Waals surface area contributed by atoms with E-state index in [1.807, 2.05) is 0 Å². The van der Waals surface area contributed by atoms with Gasteiger partial charge in [-0.1, -0.05) is 40.0 Å². The molecular weight excluding hydrogens is 578 g/mol. The maximum atomic E-state index is 13.4. The van der Waals surface area contributed by atoms with Crippen LogP contribution in [0.3, 0.4) is 0 Å². The molecule has 4 amide bonds. The smallest absolute Gasteiger partial charge is 0.381 e. The van der Waals surface area contributed by atoms with Crippen LogP contribution < -0.4 is 20.8 Å². The number of hydrogen-bond acceptors (Lipinski definition) is 8. The molecule has 2 fully saturated rings. The van der Waals surface area contributed by atoms with Crippen LogP contribution in [0.1, 0.15) is 12.5 Å². The van der Waals surface area contributed by atoms with Crippen molar-refractivity contribution in [1.82, 2.24) is 20.7 Å². The third kappa shape index (κ3) is 4.08. The molecule has 1 aromatic heterocycles. The first-order valence-electron chi connectivity index (χ1n) is 10.7. The molecule has 0 radical (unpaired) electrons. The van der Waals surface area contributed by atoms with Gasteiger partial charge in [0.05, 0.1) is 21.3 Å². The van der Waals surface area contributed by atoms with Crippen molar-refractivity contribution in [3.8, 4) is 0 Å². The lowest BCUT2D eigenvalue weighted by Gasteiger charge is -2.29. The number of benzene rings is 1. The Kier molecular flexibility index (Phi) is 6.13. The number of oxime groups is 1. The van der Waals surface area contributed by atoms with Crippen molar-refractivity contribution >= 4 is 69.9 Å². The number of urea groups is 1. The molecule has 3 aliphatic rings. The lowest BCUT2D eigenvalue weighted by molar-refractivity contribution is -0.143. The third-order valence-corrected chi connectivity index (χ3v) is 6.92. The molecule has 3 aliphatic heterocycles. The van der Waals surface area contributed by atoms with Crippen molar-refractivity contribution in [2.75, 3.05) is 17.1 Å². The van der Waals surface area contributed by atoms with E-state index < -0.39 is 52.3 Å². The summed E-state index contributed by atoms with van der Waals surface area (Å²) in [6.45, 7) is 1.50. The number of halogens is 6. The van der Waals surface area contributed by atoms with E-state index in [1.54, 1.807) is 0 Å². The second-order valence-electron chi connectivity index (χ2n) is 8.62. The monoisotopic (exact) mass is 591 g/mol. The van der Waals surface area contributed by atoms with Gasteiger partial charge >= 0.3 is 12.2 Å². The number of nitrogens with zero attached hydrogens (tertiary/aromatic N) is 5. The minimum absolute atomic E-state index is 0.0239. The van der Waals surface area contributed by atoms with Crippen LogP contribution in [-0.4, -0.2) is 52.4 Å². The number of pyridine rings is 1. The fourth-order valence-electron chi connectivity index (χ4n) is 4.31. The molecule has 3 atom stereocenters. The van der Waals surface area contributed by atoms with E-state index in [0.29, 0.717) is 22.3 Å². The Bertz CT molecular complexity index is 1420. The van der Waals surface area contributed by atoms with E-state index in [4.69, 9.17) is 39.6 Å². The molecule has 38 heavy (non-hydrogen) atoms. The predicted molar refractivity (Wildman–Crippen MR) is 129 cm³/mol. The molecule has 1 aromatic carbocycles. The van der Waals surface area contributed by atoms with Crippen LogP contribution in [0.5, 0.6) is 0 Å². The number of aromatic nitrogens is 1. The number of amides is 4. The molecule has 0 spiro atoms. The number of nitrogens with one attached hydrogen (secondary N) is 2. The van der Waals surface area contributed by atoms with E-state index in [0.717, 1.165) is 10.0 Å². The lowest BCUT2D eigenvalue weighted by atomic mass is 9.91. The van der Waals surface area contributed by atoms with E-state index >= 15 is 0 Å². The van der Waals surface area contributed by atoms with Crippen LogP contribution >= 0.6 is 34.8 Å². The highest BCUT2D eigenvalue weighted by Gasteiger charge is 2.62. The molecule has 2 N–H and O–H groups in total. The first kappa shape index (κ1) is 26.3. The zero-order chi connectivity index (χ0) is 27.7. The summed E-state index contributed by atoms with van der Waals surface area (Å²) in [6, 6.07) is 4.44. The Hall–Kier alpha value is -3.33. The average Bonchev–Trinajstić information content (AvgIpc) is 3.46. The summed E-state index contributed by atoms with van der Waals surface area (Å²) in [6.07, 6.45) is -5.55. The van der Waals surface area contributed by atoms with Crippen LogP contribution in [-0.2, 0) is 20.6 Å². The van der Waals surface area contributed by atoms with Crippen LogP contribution in [0, 0.1) is 5.92 Å². The van der Waals surface area contributed by atoms with E-state index in [2.05, 4.69) is 20.9 Å². The molecule has 0 aliphatic carbocycles. The molecular formula is C21H15Cl3F3N7O4. The first-order valence-corrected chi connectivity index (χ1v) is 11.8. The van der Waals surface area contributed by atoms with Gasteiger partial charge in [0.1, 0.15) is 11.6 Å². The number of anilines is 2. The standard InChI is InChI=1S/C21H15Cl3F3N7O4/c1-20(29-19(37)33(31-20)12-4-3-9(22)6-10(12)23)15-13-14(38-30-15)18(36)34(17(13)35)32(2)16-11(24)5-8(7-28-16)21(25,26)27/h3-7,13-14,31H,1-2H3,(H,29,37)/t13-,14+,20-/m0/s1. The number of hydrogen-bond donors (Lipinski definition) is 2. The quantitative estimate of drug-likeness (QED) is 0.521. The number of carbonyl (C=O) groups is 3. The van der Waals surface area contributed by atoms with Crippen molar-refractivity contribution < 1.29 is 32.4 Å². The minimum atomic E-state index is -4.69. The minimum Gasteiger partial charge on any atom is -0.381 e. The molecule has 200 valence electrons. The molecule has 11 nitrogen and oxygen atoms in total. The average molecular weight is 593 g/mol. The van der Waals surface area contributed by atoms with Crippen LogP contribution in [0.2, 0.25) is 15.1 Å². The number of hydrazine groups is 2. The van der Waals surface area contributed by atoms with E-state index in [1.165, 1.54) is 32.2 Å². The fourth-order valence-corrected chi connectivity index (χ4v) is 5.09. The molecule has 0 unspecified atom stereocenters. The molecule has 2 saturated heterocycles. The summed E-state index contributed by atoms with van der Waals surface area (Å²) in [5.41, 5.74) is 0.526. The molecule has 0 bridgehead atoms. The Balaban J connectivity index is 1.41. The molecule has 5 rings (SSSR count). The normalized spacial score (nSPS) is 24.9. The van der Waals surface area contributed by atoms with Crippen molar-refractivity contribution in [3.63, 3.8) is 0 Å². The second-order valence-corrected chi connectivity index (χ2v) is 9.87. The zero-order valence-electron chi connectivity index (χ0n) is 19.2. The molecule has 0 saturated carbocycles. The topological polar surface area (TPSA) is 119 Å². The summed E-state index contributed by atoms with van der Waals surface area (Å²) in [7, 11) is 1.23.